The number of carbonyl (C=O) groups excluding carboxylic acids is 2. The Hall–Kier alpha value is -1.99. The van der Waals surface area contributed by atoms with Gasteiger partial charge in [0, 0.05) is 19.2 Å². The molecule has 0 heterocycles. The fraction of sp³-hybridized carbons (Fsp3) is 0.429. The Labute approximate surface area is 122 Å². The number of quaternary nitrogens is 1. The lowest BCUT2D eigenvalue weighted by atomic mass is 10.2. The number of benzene rings is 1. The number of amides is 1. The molecule has 21 heavy (non-hydrogen) atoms. The number of ether oxygens (including phenoxy) is 1. The van der Waals surface area contributed by atoms with Crippen LogP contribution in [-0.4, -0.2) is 38.2 Å². The monoisotopic (exact) mass is 298 g/mol. The number of aliphatic carboxylic acids is 1. The molecular weight excluding hydrogens is 279 g/mol. The molecule has 7 heteroatoms. The van der Waals surface area contributed by atoms with Crippen LogP contribution in [0.1, 0.15) is 12.8 Å². The van der Waals surface area contributed by atoms with Gasteiger partial charge in [-0.3, -0.25) is 4.79 Å². The summed E-state index contributed by atoms with van der Waals surface area (Å²) >= 11 is 0. The van der Waals surface area contributed by atoms with Crippen LogP contribution < -0.4 is 15.7 Å². The van der Waals surface area contributed by atoms with Crippen LogP contribution in [0.15, 0.2) is 24.3 Å². The van der Waals surface area contributed by atoms with E-state index in [9.17, 15) is 19.1 Å². The second kappa shape index (κ2) is 9.04. The first-order valence-corrected chi connectivity index (χ1v) is 6.61. The fourth-order valence-corrected chi connectivity index (χ4v) is 1.79. The minimum atomic E-state index is -1.30. The summed E-state index contributed by atoms with van der Waals surface area (Å²) < 4.78 is 17.8. The van der Waals surface area contributed by atoms with Crippen molar-refractivity contribution in [2.45, 2.75) is 18.9 Å². The van der Waals surface area contributed by atoms with E-state index in [1.807, 2.05) is 0 Å². The molecule has 0 unspecified atom stereocenters. The summed E-state index contributed by atoms with van der Waals surface area (Å²) in [4.78, 5) is 22.7. The van der Waals surface area contributed by atoms with Gasteiger partial charge in [-0.15, -0.1) is 0 Å². The van der Waals surface area contributed by atoms with E-state index < -0.39 is 23.7 Å². The molecule has 1 rings (SSSR count). The standard InChI is InChI=1S/C14H19FN2O4/c1-21-7-3-6-16-12(14(19)20)9-13(18)17-11-5-2-4-10(15)8-11/h2,4-5,8,12,16H,3,6-7,9H2,1H3,(H,17,18)(H,19,20)/t12-/m0/s1. The van der Waals surface area contributed by atoms with Crippen LogP contribution in [0.25, 0.3) is 0 Å². The van der Waals surface area contributed by atoms with Crippen LogP contribution in [0.4, 0.5) is 10.1 Å². The van der Waals surface area contributed by atoms with Gasteiger partial charge in [-0.05, 0) is 18.2 Å². The molecule has 0 bridgehead atoms. The number of carboxylic acids is 1. The summed E-state index contributed by atoms with van der Waals surface area (Å²) in [5.74, 6) is -2.28. The molecule has 0 saturated heterocycles. The number of hydrogen-bond acceptors (Lipinski definition) is 4. The molecule has 1 aromatic carbocycles. The van der Waals surface area contributed by atoms with Crippen LogP contribution in [0.3, 0.4) is 0 Å². The minimum absolute atomic E-state index is 0.244. The maximum atomic E-state index is 13.0. The van der Waals surface area contributed by atoms with E-state index in [4.69, 9.17) is 4.74 Å². The Kier molecular flexibility index (Phi) is 7.34. The normalized spacial score (nSPS) is 11.9. The van der Waals surface area contributed by atoms with Crippen molar-refractivity contribution in [1.82, 2.24) is 0 Å². The highest BCUT2D eigenvalue weighted by Crippen LogP contribution is 2.09. The Morgan fingerprint density at radius 3 is 2.86 bits per heavy atom. The molecule has 0 saturated carbocycles. The van der Waals surface area contributed by atoms with Crippen molar-refractivity contribution in [2.24, 2.45) is 0 Å². The summed E-state index contributed by atoms with van der Waals surface area (Å²) in [7, 11) is 1.56. The van der Waals surface area contributed by atoms with Crippen LogP contribution in [-0.2, 0) is 14.3 Å². The number of anilines is 1. The van der Waals surface area contributed by atoms with E-state index in [1.54, 1.807) is 7.11 Å². The smallest absolute Gasteiger partial charge is 0.230 e. The van der Waals surface area contributed by atoms with Crippen molar-refractivity contribution in [3.8, 4) is 0 Å². The third-order valence-corrected chi connectivity index (χ3v) is 2.82. The van der Waals surface area contributed by atoms with E-state index in [2.05, 4.69) is 5.32 Å². The van der Waals surface area contributed by atoms with Gasteiger partial charge >= 0.3 is 0 Å². The molecule has 0 aliphatic heterocycles. The van der Waals surface area contributed by atoms with E-state index in [-0.39, 0.29) is 12.1 Å². The number of methoxy groups -OCH3 is 1. The first-order valence-electron chi connectivity index (χ1n) is 6.61. The second-order valence-corrected chi connectivity index (χ2v) is 4.56. The lowest BCUT2D eigenvalue weighted by molar-refractivity contribution is -0.682. The van der Waals surface area contributed by atoms with Crippen molar-refractivity contribution in [3.63, 3.8) is 0 Å². The lowest BCUT2D eigenvalue weighted by Gasteiger charge is -2.16. The summed E-state index contributed by atoms with van der Waals surface area (Å²) in [6, 6.07) is 4.42. The average molecular weight is 298 g/mol. The summed E-state index contributed by atoms with van der Waals surface area (Å²) in [6.07, 6.45) is 0.428. The van der Waals surface area contributed by atoms with E-state index in [0.717, 1.165) is 6.07 Å². The number of carboxylic acid groups (broad SMARTS) is 1. The van der Waals surface area contributed by atoms with Gasteiger partial charge < -0.3 is 25.3 Å². The third-order valence-electron chi connectivity index (χ3n) is 2.82. The van der Waals surface area contributed by atoms with E-state index in [0.29, 0.717) is 19.6 Å². The Morgan fingerprint density at radius 1 is 1.48 bits per heavy atom. The highest BCUT2D eigenvalue weighted by Gasteiger charge is 2.18. The third kappa shape index (κ3) is 6.82. The first kappa shape index (κ1) is 17.1. The predicted molar refractivity (Wildman–Crippen MR) is 71.7 cm³/mol. The summed E-state index contributed by atoms with van der Waals surface area (Å²) in [6.45, 7) is 1.03. The Morgan fingerprint density at radius 2 is 2.24 bits per heavy atom. The topological polar surface area (TPSA) is 95.1 Å². The van der Waals surface area contributed by atoms with Gasteiger partial charge in [0.1, 0.15) is 11.9 Å². The van der Waals surface area contributed by atoms with Gasteiger partial charge in [0.2, 0.25) is 5.91 Å². The molecule has 0 aliphatic carbocycles. The Balaban J connectivity index is 2.46. The SMILES string of the molecule is COCCC[NH2+][C@@H](CC(=O)Nc1cccc(F)c1)C(=O)[O-]. The molecule has 0 aromatic heterocycles. The summed E-state index contributed by atoms with van der Waals surface area (Å²) in [5, 5.41) is 15.0. The van der Waals surface area contributed by atoms with Gasteiger partial charge in [-0.2, -0.15) is 0 Å². The number of halogens is 1. The van der Waals surface area contributed by atoms with Crippen LogP contribution in [0.2, 0.25) is 0 Å². The molecule has 0 fully saturated rings. The lowest BCUT2D eigenvalue weighted by Crippen LogP contribution is -2.93. The number of nitrogens with one attached hydrogen (secondary N) is 1. The number of rotatable bonds is 9. The van der Waals surface area contributed by atoms with Gasteiger partial charge in [0.05, 0.1) is 25.5 Å². The molecule has 1 amide bonds. The molecular formula is C14H19FN2O4. The molecule has 116 valence electrons. The number of carbonyl (C=O) groups is 2. The van der Waals surface area contributed by atoms with Crippen molar-refractivity contribution in [1.29, 1.82) is 0 Å². The zero-order valence-electron chi connectivity index (χ0n) is 11.8. The quantitative estimate of drug-likeness (QED) is 0.564. The zero-order valence-corrected chi connectivity index (χ0v) is 11.8. The molecule has 0 aliphatic rings. The minimum Gasteiger partial charge on any atom is -0.544 e. The van der Waals surface area contributed by atoms with Crippen molar-refractivity contribution in [3.05, 3.63) is 30.1 Å². The average Bonchev–Trinajstić information content (AvgIpc) is 2.42. The van der Waals surface area contributed by atoms with Crippen LogP contribution >= 0.6 is 0 Å². The highest BCUT2D eigenvalue weighted by atomic mass is 19.1. The molecule has 6 nitrogen and oxygen atoms in total. The zero-order chi connectivity index (χ0) is 15.7. The Bertz CT molecular complexity index is 482. The number of hydrogen-bond donors (Lipinski definition) is 2. The molecule has 1 aromatic rings. The molecule has 0 radical (unpaired) electrons. The second-order valence-electron chi connectivity index (χ2n) is 4.56. The maximum absolute atomic E-state index is 13.0. The molecule has 0 spiro atoms. The van der Waals surface area contributed by atoms with Crippen molar-refractivity contribution < 1.29 is 29.1 Å². The van der Waals surface area contributed by atoms with Gasteiger partial charge in [-0.25, -0.2) is 4.39 Å². The fourth-order valence-electron chi connectivity index (χ4n) is 1.79. The van der Waals surface area contributed by atoms with E-state index >= 15 is 0 Å². The first-order chi connectivity index (χ1) is 10.0. The van der Waals surface area contributed by atoms with Gasteiger partial charge in [-0.1, -0.05) is 6.07 Å². The largest absolute Gasteiger partial charge is 0.544 e. The highest BCUT2D eigenvalue weighted by molar-refractivity contribution is 5.93. The van der Waals surface area contributed by atoms with Crippen molar-refractivity contribution in [2.75, 3.05) is 25.6 Å². The van der Waals surface area contributed by atoms with Crippen LogP contribution in [0.5, 0.6) is 0 Å². The molecule has 1 atom stereocenters. The maximum Gasteiger partial charge on any atom is 0.230 e. The summed E-state index contributed by atoms with van der Waals surface area (Å²) in [5.41, 5.74) is 0.288. The molecule has 3 N–H and O–H groups in total. The van der Waals surface area contributed by atoms with Crippen LogP contribution in [0, 0.1) is 5.82 Å². The van der Waals surface area contributed by atoms with Gasteiger partial charge in [0.25, 0.3) is 0 Å². The predicted octanol–water partition coefficient (Wildman–Crippen LogP) is -1.13. The van der Waals surface area contributed by atoms with Crippen molar-refractivity contribution >= 4 is 17.6 Å². The number of nitrogens with two attached hydrogens (primary N) is 1. The van der Waals surface area contributed by atoms with E-state index in [1.165, 1.54) is 23.5 Å². The van der Waals surface area contributed by atoms with Gasteiger partial charge in [0.15, 0.2) is 0 Å².